The van der Waals surface area contributed by atoms with Crippen molar-refractivity contribution in [2.75, 3.05) is 17.8 Å². The Morgan fingerprint density at radius 1 is 1.12 bits per heavy atom. The lowest BCUT2D eigenvalue weighted by molar-refractivity contribution is -0.137. The summed E-state index contributed by atoms with van der Waals surface area (Å²) in [4.78, 5) is 18.9. The van der Waals surface area contributed by atoms with Gasteiger partial charge in [0.1, 0.15) is 11.5 Å². The number of carbonyl (C=O) groups excluding carboxylic acids is 1. The van der Waals surface area contributed by atoms with Crippen molar-refractivity contribution < 1.29 is 30.6 Å². The quantitative estimate of drug-likeness (QED) is 0.134. The molecular weight excluding hydrogens is 638 g/mol. The van der Waals surface area contributed by atoms with Crippen molar-refractivity contribution in [3.8, 4) is 0 Å². The summed E-state index contributed by atoms with van der Waals surface area (Å²) in [5.41, 5.74) is -0.808. The fourth-order valence-corrected chi connectivity index (χ4v) is 9.51. The van der Waals surface area contributed by atoms with Crippen LogP contribution in [-0.4, -0.2) is 40.8 Å². The molecule has 1 N–H and O–H groups in total. The van der Waals surface area contributed by atoms with Gasteiger partial charge in [-0.15, -0.1) is 0 Å². The molecule has 0 aliphatic heterocycles. The van der Waals surface area contributed by atoms with E-state index >= 15 is 0 Å². The number of thiol groups is 1. The highest BCUT2D eigenvalue weighted by Crippen LogP contribution is 2.40. The fraction of sp³-hybridized carbons (Fsp3) is 0.308. The van der Waals surface area contributed by atoms with Crippen LogP contribution in [0.5, 0.6) is 0 Å². The predicted molar refractivity (Wildman–Crippen MR) is 160 cm³/mol. The summed E-state index contributed by atoms with van der Waals surface area (Å²) in [6.45, 7) is 4.23. The lowest BCUT2D eigenvalue weighted by Crippen LogP contribution is -2.30. The molecule has 1 aromatic heterocycles. The van der Waals surface area contributed by atoms with Gasteiger partial charge >= 0.3 is 6.18 Å². The van der Waals surface area contributed by atoms with Gasteiger partial charge in [-0.3, -0.25) is 9.00 Å². The molecule has 0 spiro atoms. The smallest absolute Gasteiger partial charge is 0.305 e. The van der Waals surface area contributed by atoms with Gasteiger partial charge in [-0.1, -0.05) is 37.2 Å². The maximum Gasteiger partial charge on any atom is 0.416 e. The highest BCUT2D eigenvalue weighted by Gasteiger charge is 2.34. The summed E-state index contributed by atoms with van der Waals surface area (Å²) in [5, 5.41) is -0.321. The Morgan fingerprint density at radius 3 is 2.29 bits per heavy atom. The number of alkyl halides is 3. The number of benzene rings is 2. The topological polar surface area (TPSA) is 96.4 Å². The maximum absolute atomic E-state index is 13.5. The number of sulfonamides is 1. The van der Waals surface area contributed by atoms with Gasteiger partial charge in [0.25, 0.3) is 0 Å². The summed E-state index contributed by atoms with van der Waals surface area (Å²) in [5.74, 6) is -0.262. The number of ketones is 1. The standard InChI is InChI=1S/C26H28ClF3N3O4PS3/c1-3-33(4-2)41(36,37)19-10-8-18(9-11-19)39-21-12-14-23(31-24(21)25(34)16-5-6-16)32-40(35,38)22-13-7-17(15-20(22)27)26(28,29)30/h7-16,40H,3-6,38H2,1-2H3,(H,31,32,35). The van der Waals surface area contributed by atoms with Crippen molar-refractivity contribution in [3.05, 3.63) is 70.9 Å². The van der Waals surface area contributed by atoms with E-state index < -0.39 is 31.5 Å². The monoisotopic (exact) mass is 665 g/mol. The van der Waals surface area contributed by atoms with E-state index in [1.165, 1.54) is 34.3 Å². The van der Waals surface area contributed by atoms with Gasteiger partial charge < -0.3 is 4.72 Å². The first-order valence-electron chi connectivity index (χ1n) is 12.5. The first-order chi connectivity index (χ1) is 19.2. The molecule has 222 valence electrons. The van der Waals surface area contributed by atoms with Gasteiger partial charge in [-0.05, 0) is 85.6 Å². The van der Waals surface area contributed by atoms with Crippen molar-refractivity contribution in [1.29, 1.82) is 0 Å². The van der Waals surface area contributed by atoms with E-state index in [2.05, 4.69) is 18.1 Å². The molecule has 1 fully saturated rings. The van der Waals surface area contributed by atoms with Crippen LogP contribution in [0, 0.1) is 5.92 Å². The minimum Gasteiger partial charge on any atom is -0.305 e. The minimum absolute atomic E-state index is 0.0350. The minimum atomic E-state index is -4.60. The third-order valence-electron chi connectivity index (χ3n) is 6.35. The zero-order chi connectivity index (χ0) is 30.2. The second kappa shape index (κ2) is 12.3. The summed E-state index contributed by atoms with van der Waals surface area (Å²) in [6, 6.07) is 12.0. The van der Waals surface area contributed by atoms with Gasteiger partial charge in [0.2, 0.25) is 10.0 Å². The van der Waals surface area contributed by atoms with Crippen LogP contribution in [0.3, 0.4) is 0 Å². The van der Waals surface area contributed by atoms with Crippen molar-refractivity contribution >= 4 is 63.2 Å². The van der Waals surface area contributed by atoms with Crippen LogP contribution >= 0.6 is 31.8 Å². The van der Waals surface area contributed by atoms with Gasteiger partial charge in [0.05, 0.1) is 20.4 Å². The Hall–Kier alpha value is -2.02. The molecule has 1 saturated carbocycles. The molecule has 1 heterocycles. The van der Waals surface area contributed by atoms with Crippen molar-refractivity contribution in [1.82, 2.24) is 9.29 Å². The van der Waals surface area contributed by atoms with E-state index in [0.29, 0.717) is 28.9 Å². The Kier molecular flexibility index (Phi) is 9.57. The average molecular weight is 666 g/mol. The molecule has 0 bridgehead atoms. The van der Waals surface area contributed by atoms with Crippen LogP contribution in [0.1, 0.15) is 42.7 Å². The molecule has 3 aromatic rings. The molecule has 41 heavy (non-hydrogen) atoms. The molecule has 0 radical (unpaired) electrons. The van der Waals surface area contributed by atoms with Crippen LogP contribution < -0.4 is 4.72 Å². The molecule has 1 unspecified atom stereocenters. The van der Waals surface area contributed by atoms with E-state index in [1.54, 1.807) is 32.0 Å². The van der Waals surface area contributed by atoms with Crippen LogP contribution in [0.2, 0.25) is 5.02 Å². The van der Waals surface area contributed by atoms with E-state index in [4.69, 9.17) is 11.6 Å². The number of nitrogens with zero attached hydrogens (tertiary/aromatic N) is 2. The number of hydrogen-bond donors (Lipinski definition) is 2. The van der Waals surface area contributed by atoms with Crippen molar-refractivity contribution in [2.24, 2.45) is 5.92 Å². The molecule has 2 aromatic carbocycles. The summed E-state index contributed by atoms with van der Waals surface area (Å²) in [7, 11) is -5.15. The van der Waals surface area contributed by atoms with Crippen molar-refractivity contribution in [3.63, 3.8) is 0 Å². The zero-order valence-electron chi connectivity index (χ0n) is 22.0. The molecule has 4 rings (SSSR count). The third-order valence-corrected chi connectivity index (χ3v) is 12.8. The van der Waals surface area contributed by atoms with E-state index in [1.807, 2.05) is 0 Å². The highest BCUT2D eigenvalue weighted by molar-refractivity contribution is 8.46. The molecule has 1 atom stereocenters. The summed E-state index contributed by atoms with van der Waals surface area (Å²) < 4.78 is 82.3. The number of Topliss-reactive ketones (excluding diaryl/α,β-unsaturated/α-hetero) is 1. The number of pyridine rings is 1. The number of aromatic nitrogens is 1. The Balaban J connectivity index is 1.61. The molecule has 7 nitrogen and oxygen atoms in total. The Bertz CT molecular complexity index is 1610. The number of carbonyl (C=O) groups is 1. The first-order valence-corrected chi connectivity index (χ1v) is 18.5. The molecule has 1 aliphatic rings. The Morgan fingerprint density at radius 2 is 1.76 bits per heavy atom. The molecular formula is C26H28ClF3N3O4PS3. The van der Waals surface area contributed by atoms with Gasteiger partial charge in [-0.2, -0.15) is 17.5 Å². The van der Waals surface area contributed by atoms with E-state index in [0.717, 1.165) is 25.0 Å². The summed E-state index contributed by atoms with van der Waals surface area (Å²) >= 11 is 7.30. The summed E-state index contributed by atoms with van der Waals surface area (Å²) in [6.07, 6.45) is -3.15. The normalized spacial score (nSPS) is 14.7. The number of anilines is 1. The highest BCUT2D eigenvalue weighted by atomic mass is 35.5. The van der Waals surface area contributed by atoms with Gasteiger partial charge in [-0.25, -0.2) is 13.4 Å². The SMILES string of the molecule is CCN(CC)S(=O)(=O)c1ccc(Sc2ccc(N[SH](=O)(P)c3ccc(C(F)(F)F)cc3Cl)nc2C(=O)C2CC2)cc1. The fourth-order valence-electron chi connectivity index (χ4n) is 4.01. The van der Waals surface area contributed by atoms with Crippen LogP contribution in [0.4, 0.5) is 19.0 Å². The van der Waals surface area contributed by atoms with Crippen LogP contribution in [0.15, 0.2) is 74.2 Å². The molecule has 0 saturated heterocycles. The maximum atomic E-state index is 13.5. The first kappa shape index (κ1) is 31.9. The zero-order valence-corrected chi connectivity index (χ0v) is 26.4. The van der Waals surface area contributed by atoms with Crippen LogP contribution in [-0.2, 0) is 25.9 Å². The van der Waals surface area contributed by atoms with Crippen molar-refractivity contribution in [2.45, 2.75) is 52.4 Å². The number of halogens is 4. The molecule has 0 amide bonds. The average Bonchev–Trinajstić information content (AvgIpc) is 3.75. The number of nitrogens with one attached hydrogen (secondary N) is 1. The second-order valence-corrected chi connectivity index (χ2v) is 16.9. The number of hydrogen-bond acceptors (Lipinski definition) is 6. The van der Waals surface area contributed by atoms with Gasteiger partial charge in [0, 0.05) is 28.8 Å². The third kappa shape index (κ3) is 7.32. The lowest BCUT2D eigenvalue weighted by atomic mass is 10.2. The van der Waals surface area contributed by atoms with E-state index in [-0.39, 0.29) is 38.0 Å². The van der Waals surface area contributed by atoms with E-state index in [9.17, 15) is 30.6 Å². The predicted octanol–water partition coefficient (Wildman–Crippen LogP) is 6.72. The van der Waals surface area contributed by atoms with Crippen LogP contribution in [0.25, 0.3) is 0 Å². The Labute approximate surface area is 249 Å². The molecule has 15 heteroatoms. The largest absolute Gasteiger partial charge is 0.416 e. The molecule has 1 aliphatic carbocycles. The van der Waals surface area contributed by atoms with Gasteiger partial charge in [0.15, 0.2) is 5.78 Å². The second-order valence-electron chi connectivity index (χ2n) is 9.28. The number of rotatable bonds is 11. The lowest BCUT2D eigenvalue weighted by Gasteiger charge is -2.23.